The van der Waals surface area contributed by atoms with Gasteiger partial charge in [0.05, 0.1) is 10.7 Å². The van der Waals surface area contributed by atoms with E-state index in [0.29, 0.717) is 16.2 Å². The van der Waals surface area contributed by atoms with Crippen molar-refractivity contribution in [3.63, 3.8) is 0 Å². The molecule has 0 unspecified atom stereocenters. The number of nitrogens with one attached hydrogen (secondary N) is 1. The van der Waals surface area contributed by atoms with Crippen molar-refractivity contribution < 1.29 is 13.9 Å². The maximum Gasteiger partial charge on any atom is 0.277 e. The van der Waals surface area contributed by atoms with E-state index in [0.717, 1.165) is 16.5 Å². The zero-order valence-corrected chi connectivity index (χ0v) is 15.9. The van der Waals surface area contributed by atoms with E-state index < -0.39 is 0 Å². The number of benzene rings is 1. The maximum atomic E-state index is 11.7. The summed E-state index contributed by atoms with van der Waals surface area (Å²) in [7, 11) is 0. The predicted molar refractivity (Wildman–Crippen MR) is 95.9 cm³/mol. The molecule has 7 heteroatoms. The lowest BCUT2D eigenvalue weighted by molar-refractivity contribution is -0.123. The third-order valence-electron chi connectivity index (χ3n) is 2.93. The van der Waals surface area contributed by atoms with E-state index in [4.69, 9.17) is 9.15 Å². The Labute approximate surface area is 151 Å². The first-order chi connectivity index (χ1) is 11.0. The van der Waals surface area contributed by atoms with Gasteiger partial charge in [-0.15, -0.1) is 0 Å². The van der Waals surface area contributed by atoms with Crippen molar-refractivity contribution in [2.45, 2.75) is 20.3 Å². The van der Waals surface area contributed by atoms with Gasteiger partial charge in [0.25, 0.3) is 5.91 Å². The molecular formula is C16H16Br2N2O3. The molecule has 0 spiro atoms. The molecule has 0 radical (unpaired) electrons. The number of rotatable bonds is 6. The van der Waals surface area contributed by atoms with E-state index in [1.54, 1.807) is 6.07 Å². The van der Waals surface area contributed by atoms with Crippen molar-refractivity contribution in [3.8, 4) is 5.75 Å². The fourth-order valence-electron chi connectivity index (χ4n) is 1.89. The summed E-state index contributed by atoms with van der Waals surface area (Å²) in [5.74, 6) is 0.849. The van der Waals surface area contributed by atoms with Crippen molar-refractivity contribution in [2.75, 3.05) is 6.61 Å². The summed E-state index contributed by atoms with van der Waals surface area (Å²) in [6, 6.07) is 7.65. The monoisotopic (exact) mass is 442 g/mol. The summed E-state index contributed by atoms with van der Waals surface area (Å²) in [5, 5.41) is 3.82. The molecule has 122 valence electrons. The highest BCUT2D eigenvalue weighted by molar-refractivity contribution is 9.13. The third kappa shape index (κ3) is 5.51. The van der Waals surface area contributed by atoms with Crippen molar-refractivity contribution >= 4 is 44.0 Å². The topological polar surface area (TPSA) is 63.8 Å². The van der Waals surface area contributed by atoms with E-state index in [-0.39, 0.29) is 12.5 Å². The van der Waals surface area contributed by atoms with E-state index in [1.165, 1.54) is 11.8 Å². The van der Waals surface area contributed by atoms with Gasteiger partial charge in [0.1, 0.15) is 11.5 Å². The maximum absolute atomic E-state index is 11.7. The van der Waals surface area contributed by atoms with Crippen LogP contribution in [0.1, 0.15) is 23.8 Å². The number of carbonyl (C=O) groups is 1. The number of ether oxygens (including phenoxy) is 1. The zero-order chi connectivity index (χ0) is 16.8. The van der Waals surface area contributed by atoms with E-state index in [9.17, 15) is 4.79 Å². The third-order valence-corrected chi connectivity index (χ3v) is 4.64. The van der Waals surface area contributed by atoms with Crippen LogP contribution < -0.4 is 10.2 Å². The zero-order valence-electron chi connectivity index (χ0n) is 12.7. The van der Waals surface area contributed by atoms with Gasteiger partial charge in [-0.2, -0.15) is 5.10 Å². The minimum absolute atomic E-state index is 0.102. The molecule has 0 atom stereocenters. The van der Waals surface area contributed by atoms with Crippen molar-refractivity contribution in [2.24, 2.45) is 5.10 Å². The van der Waals surface area contributed by atoms with Crippen LogP contribution >= 0.6 is 31.9 Å². The number of hydrogen-bond donors (Lipinski definition) is 1. The second-order valence-corrected chi connectivity index (χ2v) is 6.43. The standard InChI is InChI=1S/C16H16Br2N2O3/c1-3-11-4-10(2)5-12(6-11)22-9-15(21)20-19-8-13-7-14(17)16(18)23-13/h4-8H,3,9H2,1-2H3,(H,20,21)/b19-8+. The molecule has 1 amide bonds. The lowest BCUT2D eigenvalue weighted by atomic mass is 10.1. The predicted octanol–water partition coefficient (Wildman–Crippen LogP) is 4.20. The average molecular weight is 444 g/mol. The summed E-state index contributed by atoms with van der Waals surface area (Å²) in [5.41, 5.74) is 4.67. The number of halogens is 2. The van der Waals surface area contributed by atoms with Gasteiger partial charge in [-0.05, 0) is 68.5 Å². The molecular weight excluding hydrogens is 428 g/mol. The number of furan rings is 1. The minimum atomic E-state index is -0.342. The summed E-state index contributed by atoms with van der Waals surface area (Å²) in [6.07, 6.45) is 2.33. The number of hydrazone groups is 1. The Morgan fingerprint density at radius 3 is 2.78 bits per heavy atom. The first-order valence-electron chi connectivity index (χ1n) is 6.98. The molecule has 1 N–H and O–H groups in total. The quantitative estimate of drug-likeness (QED) is 0.537. The molecule has 2 aromatic rings. The molecule has 0 fully saturated rings. The molecule has 0 bridgehead atoms. The minimum Gasteiger partial charge on any atom is -0.484 e. The van der Waals surface area contributed by atoms with Crippen molar-refractivity contribution in [3.05, 3.63) is 50.3 Å². The number of hydrogen-bond acceptors (Lipinski definition) is 4. The van der Waals surface area contributed by atoms with Gasteiger partial charge in [0.2, 0.25) is 0 Å². The number of aryl methyl sites for hydroxylation is 2. The van der Waals surface area contributed by atoms with Gasteiger partial charge in [-0.3, -0.25) is 4.79 Å². The molecule has 1 heterocycles. The van der Waals surface area contributed by atoms with Gasteiger partial charge in [-0.25, -0.2) is 5.43 Å². The largest absolute Gasteiger partial charge is 0.484 e. The number of carbonyl (C=O) groups excluding carboxylic acids is 1. The Kier molecular flexibility index (Phi) is 6.41. The van der Waals surface area contributed by atoms with Crippen LogP contribution in [0.25, 0.3) is 0 Å². The summed E-state index contributed by atoms with van der Waals surface area (Å²) in [6.45, 7) is 3.97. The van der Waals surface area contributed by atoms with Gasteiger partial charge in [0, 0.05) is 6.07 Å². The fourth-order valence-corrected chi connectivity index (χ4v) is 2.50. The summed E-state index contributed by atoms with van der Waals surface area (Å²) >= 11 is 6.52. The van der Waals surface area contributed by atoms with Crippen LogP contribution in [0.4, 0.5) is 0 Å². The Morgan fingerprint density at radius 2 is 2.13 bits per heavy atom. The molecule has 0 aliphatic carbocycles. The molecule has 0 saturated carbocycles. The fraction of sp³-hybridized carbons (Fsp3) is 0.250. The molecule has 23 heavy (non-hydrogen) atoms. The highest BCUT2D eigenvalue weighted by Crippen LogP contribution is 2.25. The lowest BCUT2D eigenvalue weighted by Crippen LogP contribution is -2.24. The SMILES string of the molecule is CCc1cc(C)cc(OCC(=O)N/N=C/c2cc(Br)c(Br)o2)c1. The highest BCUT2D eigenvalue weighted by atomic mass is 79.9. The molecule has 0 saturated heterocycles. The smallest absolute Gasteiger partial charge is 0.277 e. The van der Waals surface area contributed by atoms with Gasteiger partial charge in [-0.1, -0.05) is 13.0 Å². The molecule has 2 rings (SSSR count). The van der Waals surface area contributed by atoms with Crippen molar-refractivity contribution in [1.29, 1.82) is 0 Å². The van der Waals surface area contributed by atoms with Crippen LogP contribution in [0.5, 0.6) is 5.75 Å². The van der Waals surface area contributed by atoms with Gasteiger partial charge in [0.15, 0.2) is 11.3 Å². The molecule has 1 aromatic carbocycles. The Morgan fingerprint density at radius 1 is 1.35 bits per heavy atom. The van der Waals surface area contributed by atoms with Crippen LogP contribution in [0.15, 0.2) is 42.9 Å². The van der Waals surface area contributed by atoms with Crippen LogP contribution in [0.2, 0.25) is 0 Å². The van der Waals surface area contributed by atoms with Gasteiger partial charge >= 0.3 is 0 Å². The Bertz CT molecular complexity index is 707. The first-order valence-corrected chi connectivity index (χ1v) is 8.56. The van der Waals surface area contributed by atoms with Crippen LogP contribution in [-0.2, 0) is 11.2 Å². The van der Waals surface area contributed by atoms with E-state index >= 15 is 0 Å². The van der Waals surface area contributed by atoms with Crippen molar-refractivity contribution in [1.82, 2.24) is 5.43 Å². The molecule has 5 nitrogen and oxygen atoms in total. The summed E-state index contributed by atoms with van der Waals surface area (Å²) < 4.78 is 12.1. The number of nitrogens with zero attached hydrogens (tertiary/aromatic N) is 1. The highest BCUT2D eigenvalue weighted by Gasteiger charge is 2.05. The van der Waals surface area contributed by atoms with Crippen LogP contribution in [0.3, 0.4) is 0 Å². The average Bonchev–Trinajstić information content (AvgIpc) is 2.83. The Balaban J connectivity index is 1.84. The van der Waals surface area contributed by atoms with E-state index in [1.807, 2.05) is 19.1 Å². The van der Waals surface area contributed by atoms with E-state index in [2.05, 4.69) is 55.4 Å². The lowest BCUT2D eigenvalue weighted by Gasteiger charge is -2.08. The molecule has 1 aromatic heterocycles. The van der Waals surface area contributed by atoms with Crippen LogP contribution in [-0.4, -0.2) is 18.7 Å². The summed E-state index contributed by atoms with van der Waals surface area (Å²) in [4.78, 5) is 11.7. The molecule has 0 aliphatic rings. The first kappa shape index (κ1) is 17.7. The Hall–Kier alpha value is -1.60. The molecule has 0 aliphatic heterocycles. The second kappa shape index (κ2) is 8.31. The normalized spacial score (nSPS) is 11.0. The van der Waals surface area contributed by atoms with Crippen LogP contribution in [0, 0.1) is 6.92 Å². The van der Waals surface area contributed by atoms with Gasteiger partial charge < -0.3 is 9.15 Å². The second-order valence-electron chi connectivity index (χ2n) is 4.86. The number of amides is 1.